The van der Waals surface area contributed by atoms with E-state index in [0.717, 1.165) is 4.90 Å². The highest BCUT2D eigenvalue weighted by Crippen LogP contribution is 2.36. The molecular formula is C23H21ClN2O4. The second-order valence-corrected chi connectivity index (χ2v) is 7.83. The van der Waals surface area contributed by atoms with Crippen LogP contribution < -0.4 is 10.1 Å². The van der Waals surface area contributed by atoms with Crippen molar-refractivity contribution in [2.45, 2.75) is 25.8 Å². The molecule has 1 fully saturated rings. The van der Waals surface area contributed by atoms with E-state index >= 15 is 0 Å². The third-order valence-electron chi connectivity index (χ3n) is 5.49. The summed E-state index contributed by atoms with van der Waals surface area (Å²) in [5.41, 5.74) is 0.538. The van der Waals surface area contributed by atoms with Crippen molar-refractivity contribution in [2.75, 3.05) is 5.32 Å². The van der Waals surface area contributed by atoms with Crippen LogP contribution in [0.4, 0.5) is 5.69 Å². The molecule has 1 aliphatic heterocycles. The Bertz CT molecular complexity index is 992. The van der Waals surface area contributed by atoms with Gasteiger partial charge in [-0.15, -0.1) is 0 Å². The number of carbonyl (C=O) groups excluding carboxylic acids is 3. The summed E-state index contributed by atoms with van der Waals surface area (Å²) < 4.78 is 5.73. The van der Waals surface area contributed by atoms with Crippen molar-refractivity contribution < 1.29 is 19.1 Å². The molecule has 4 rings (SSSR count). The number of halogens is 1. The maximum atomic E-state index is 12.7. The molecule has 2 aliphatic rings. The SMILES string of the molecule is C[C@@H](C(=O)Nc1ccc(Oc2ccccc2Cl)cc1)N1C(=O)[C@H]2CC=CC[C@H]2C1=O. The van der Waals surface area contributed by atoms with Gasteiger partial charge in [0, 0.05) is 5.69 Å². The highest BCUT2D eigenvalue weighted by Gasteiger charge is 2.50. The van der Waals surface area contributed by atoms with E-state index in [1.165, 1.54) is 0 Å². The van der Waals surface area contributed by atoms with Crippen LogP contribution in [0, 0.1) is 11.8 Å². The zero-order valence-corrected chi connectivity index (χ0v) is 17.1. The van der Waals surface area contributed by atoms with Gasteiger partial charge in [0.2, 0.25) is 17.7 Å². The molecule has 30 heavy (non-hydrogen) atoms. The van der Waals surface area contributed by atoms with Crippen LogP contribution in [0.2, 0.25) is 5.02 Å². The predicted octanol–water partition coefficient (Wildman–Crippen LogP) is 4.41. The Balaban J connectivity index is 1.41. The molecule has 1 saturated heterocycles. The number of rotatable bonds is 5. The number of nitrogens with one attached hydrogen (secondary N) is 1. The zero-order valence-electron chi connectivity index (χ0n) is 16.4. The fraction of sp³-hybridized carbons (Fsp3) is 0.261. The van der Waals surface area contributed by atoms with Gasteiger partial charge in [-0.1, -0.05) is 35.9 Å². The molecule has 6 nitrogen and oxygen atoms in total. The molecule has 1 heterocycles. The van der Waals surface area contributed by atoms with Gasteiger partial charge in [0.1, 0.15) is 17.5 Å². The van der Waals surface area contributed by atoms with E-state index < -0.39 is 11.9 Å². The van der Waals surface area contributed by atoms with Crippen molar-refractivity contribution in [1.82, 2.24) is 4.90 Å². The van der Waals surface area contributed by atoms with Crippen LogP contribution in [0.1, 0.15) is 19.8 Å². The number of amides is 3. The van der Waals surface area contributed by atoms with Gasteiger partial charge in [-0.25, -0.2) is 0 Å². The molecule has 154 valence electrons. The first-order valence-electron chi connectivity index (χ1n) is 9.81. The third-order valence-corrected chi connectivity index (χ3v) is 5.81. The maximum Gasteiger partial charge on any atom is 0.247 e. The molecule has 2 aromatic rings. The lowest BCUT2D eigenvalue weighted by atomic mass is 9.85. The Morgan fingerprint density at radius 3 is 2.23 bits per heavy atom. The monoisotopic (exact) mass is 424 g/mol. The lowest BCUT2D eigenvalue weighted by molar-refractivity contribution is -0.146. The topological polar surface area (TPSA) is 75.7 Å². The standard InChI is InChI=1S/C23H21ClN2O4/c1-14(26-22(28)17-6-2-3-7-18(17)23(26)29)21(27)25-15-10-12-16(13-11-15)30-20-9-5-4-8-19(20)24/h2-5,8-14,17-18H,6-7H2,1H3,(H,25,27)/t14-,17-,18+/m0/s1. The van der Waals surface area contributed by atoms with Crippen LogP contribution in [0.25, 0.3) is 0 Å². The van der Waals surface area contributed by atoms with Crippen LogP contribution in [-0.2, 0) is 14.4 Å². The van der Waals surface area contributed by atoms with Gasteiger partial charge in [-0.05, 0) is 56.2 Å². The third kappa shape index (κ3) is 3.83. The minimum absolute atomic E-state index is 0.263. The van der Waals surface area contributed by atoms with E-state index in [0.29, 0.717) is 35.1 Å². The number of hydrogen-bond acceptors (Lipinski definition) is 4. The number of hydrogen-bond donors (Lipinski definition) is 1. The van der Waals surface area contributed by atoms with E-state index in [2.05, 4.69) is 5.32 Å². The van der Waals surface area contributed by atoms with Gasteiger partial charge in [0.25, 0.3) is 0 Å². The highest BCUT2D eigenvalue weighted by atomic mass is 35.5. The number of likely N-dealkylation sites (tertiary alicyclic amines) is 1. The number of para-hydroxylation sites is 1. The molecule has 0 spiro atoms. The summed E-state index contributed by atoms with van der Waals surface area (Å²) in [5, 5.41) is 3.26. The molecule has 0 unspecified atom stereocenters. The van der Waals surface area contributed by atoms with Crippen LogP contribution in [0.5, 0.6) is 11.5 Å². The Morgan fingerprint density at radius 2 is 1.63 bits per heavy atom. The summed E-state index contributed by atoms with van der Waals surface area (Å²) in [6.07, 6.45) is 4.94. The Hall–Kier alpha value is -3.12. The number of nitrogens with zero attached hydrogens (tertiary/aromatic N) is 1. The van der Waals surface area contributed by atoms with E-state index in [9.17, 15) is 14.4 Å². The molecule has 3 amide bonds. The molecule has 0 bridgehead atoms. The lowest BCUT2D eigenvalue weighted by Gasteiger charge is -2.22. The number of ether oxygens (including phenoxy) is 1. The highest BCUT2D eigenvalue weighted by molar-refractivity contribution is 6.32. The molecule has 0 saturated carbocycles. The minimum atomic E-state index is -0.880. The molecule has 0 aromatic heterocycles. The van der Waals surface area contributed by atoms with Crippen molar-refractivity contribution in [2.24, 2.45) is 11.8 Å². The molecule has 7 heteroatoms. The molecule has 2 aromatic carbocycles. The van der Waals surface area contributed by atoms with Gasteiger partial charge in [0.15, 0.2) is 0 Å². The van der Waals surface area contributed by atoms with Gasteiger partial charge < -0.3 is 10.1 Å². The van der Waals surface area contributed by atoms with Crippen molar-refractivity contribution >= 4 is 35.0 Å². The fourth-order valence-electron chi connectivity index (χ4n) is 3.83. The second kappa shape index (κ2) is 8.32. The van der Waals surface area contributed by atoms with Crippen LogP contribution in [0.15, 0.2) is 60.7 Å². The molecule has 3 atom stereocenters. The van der Waals surface area contributed by atoms with Crippen molar-refractivity contribution in [3.63, 3.8) is 0 Å². The first-order chi connectivity index (χ1) is 14.5. The summed E-state index contributed by atoms with van der Waals surface area (Å²) in [6, 6.07) is 13.0. The summed E-state index contributed by atoms with van der Waals surface area (Å²) >= 11 is 6.09. The average Bonchev–Trinajstić information content (AvgIpc) is 3.01. The van der Waals surface area contributed by atoms with E-state index in [4.69, 9.17) is 16.3 Å². The molecule has 0 radical (unpaired) electrons. The minimum Gasteiger partial charge on any atom is -0.456 e. The zero-order chi connectivity index (χ0) is 21.3. The quantitative estimate of drug-likeness (QED) is 0.569. The van der Waals surface area contributed by atoms with E-state index in [1.807, 2.05) is 24.3 Å². The predicted molar refractivity (Wildman–Crippen MR) is 113 cm³/mol. The maximum absolute atomic E-state index is 12.7. The van der Waals surface area contributed by atoms with Gasteiger partial charge in [-0.2, -0.15) is 0 Å². The Labute approximate surface area is 179 Å². The number of imide groups is 1. The van der Waals surface area contributed by atoms with E-state index in [1.54, 1.807) is 43.3 Å². The van der Waals surface area contributed by atoms with Gasteiger partial charge >= 0.3 is 0 Å². The fourth-order valence-corrected chi connectivity index (χ4v) is 4.01. The smallest absolute Gasteiger partial charge is 0.247 e. The number of fused-ring (bicyclic) bond motifs is 1. The van der Waals surface area contributed by atoms with Crippen molar-refractivity contribution in [3.05, 3.63) is 65.7 Å². The van der Waals surface area contributed by atoms with Gasteiger partial charge in [-0.3, -0.25) is 19.3 Å². The largest absolute Gasteiger partial charge is 0.456 e. The summed E-state index contributed by atoms with van der Waals surface area (Å²) in [5.74, 6) is -0.538. The number of anilines is 1. The first kappa shape index (κ1) is 20.2. The summed E-state index contributed by atoms with van der Waals surface area (Å²) in [6.45, 7) is 1.57. The molecular weight excluding hydrogens is 404 g/mol. The lowest BCUT2D eigenvalue weighted by Crippen LogP contribution is -2.46. The Kier molecular flexibility index (Phi) is 5.59. The summed E-state index contributed by atoms with van der Waals surface area (Å²) in [7, 11) is 0. The molecule has 1 aliphatic carbocycles. The molecule has 1 N–H and O–H groups in total. The van der Waals surface area contributed by atoms with Crippen LogP contribution in [0.3, 0.4) is 0 Å². The Morgan fingerprint density at radius 1 is 1.03 bits per heavy atom. The van der Waals surface area contributed by atoms with Crippen molar-refractivity contribution in [3.8, 4) is 11.5 Å². The normalized spacial score (nSPS) is 21.3. The average molecular weight is 425 g/mol. The summed E-state index contributed by atoms with van der Waals surface area (Å²) in [4.78, 5) is 39.1. The second-order valence-electron chi connectivity index (χ2n) is 7.42. The number of carbonyl (C=O) groups is 3. The van der Waals surface area contributed by atoms with Gasteiger partial charge in [0.05, 0.1) is 16.9 Å². The first-order valence-corrected chi connectivity index (χ1v) is 10.2. The number of allylic oxidation sites excluding steroid dienone is 2. The van der Waals surface area contributed by atoms with Crippen molar-refractivity contribution in [1.29, 1.82) is 0 Å². The van der Waals surface area contributed by atoms with Crippen LogP contribution in [-0.4, -0.2) is 28.7 Å². The van der Waals surface area contributed by atoms with E-state index in [-0.39, 0.29) is 23.7 Å². The van der Waals surface area contributed by atoms with Crippen LogP contribution >= 0.6 is 11.6 Å². The number of benzene rings is 2.